The SMILES string of the molecule is COc1ccc(Br)c(Nc2cc(NN)nc(C(C)C)n2)c1. The minimum atomic E-state index is 0.201. The molecule has 1 heterocycles. The van der Waals surface area contributed by atoms with Crippen LogP contribution in [0, 0.1) is 0 Å². The Morgan fingerprint density at radius 3 is 2.52 bits per heavy atom. The van der Waals surface area contributed by atoms with Crippen molar-refractivity contribution in [1.29, 1.82) is 0 Å². The average molecular weight is 352 g/mol. The van der Waals surface area contributed by atoms with Gasteiger partial charge in [0.1, 0.15) is 23.2 Å². The van der Waals surface area contributed by atoms with Gasteiger partial charge in [-0.25, -0.2) is 15.8 Å². The van der Waals surface area contributed by atoms with Crippen LogP contribution in [0.15, 0.2) is 28.7 Å². The van der Waals surface area contributed by atoms with Gasteiger partial charge in [-0.15, -0.1) is 0 Å². The Balaban J connectivity index is 2.36. The van der Waals surface area contributed by atoms with E-state index in [-0.39, 0.29) is 5.92 Å². The molecule has 1 aromatic heterocycles. The van der Waals surface area contributed by atoms with Crippen LogP contribution in [0.5, 0.6) is 5.75 Å². The maximum absolute atomic E-state index is 5.46. The molecule has 7 heteroatoms. The number of aromatic nitrogens is 2. The van der Waals surface area contributed by atoms with Crippen molar-refractivity contribution in [3.63, 3.8) is 0 Å². The number of ether oxygens (including phenoxy) is 1. The van der Waals surface area contributed by atoms with Gasteiger partial charge in [0.2, 0.25) is 0 Å². The molecule has 21 heavy (non-hydrogen) atoms. The van der Waals surface area contributed by atoms with Crippen molar-refractivity contribution in [1.82, 2.24) is 9.97 Å². The highest BCUT2D eigenvalue weighted by Crippen LogP contribution is 2.30. The van der Waals surface area contributed by atoms with Gasteiger partial charge in [-0.1, -0.05) is 13.8 Å². The van der Waals surface area contributed by atoms with Crippen molar-refractivity contribution in [2.45, 2.75) is 19.8 Å². The highest BCUT2D eigenvalue weighted by atomic mass is 79.9. The first-order chi connectivity index (χ1) is 10.0. The number of hydrazine groups is 1. The molecule has 6 nitrogen and oxygen atoms in total. The summed E-state index contributed by atoms with van der Waals surface area (Å²) in [5.74, 6) is 8.36. The van der Waals surface area contributed by atoms with Crippen LogP contribution >= 0.6 is 15.9 Å². The van der Waals surface area contributed by atoms with Crippen LogP contribution in [0.3, 0.4) is 0 Å². The largest absolute Gasteiger partial charge is 0.497 e. The number of halogens is 1. The predicted octanol–water partition coefficient (Wildman–Crippen LogP) is 3.40. The van der Waals surface area contributed by atoms with Crippen LogP contribution in [0.2, 0.25) is 0 Å². The molecule has 112 valence electrons. The number of hydrogen-bond acceptors (Lipinski definition) is 6. The molecule has 0 unspecified atom stereocenters. The van der Waals surface area contributed by atoms with Crippen molar-refractivity contribution < 1.29 is 4.74 Å². The third-order valence-corrected chi connectivity index (χ3v) is 3.54. The Morgan fingerprint density at radius 1 is 1.19 bits per heavy atom. The molecule has 2 aromatic rings. The van der Waals surface area contributed by atoms with E-state index in [1.807, 2.05) is 32.0 Å². The number of hydrogen-bond donors (Lipinski definition) is 3. The lowest BCUT2D eigenvalue weighted by Crippen LogP contribution is -2.12. The normalized spacial score (nSPS) is 10.6. The van der Waals surface area contributed by atoms with E-state index >= 15 is 0 Å². The van der Waals surface area contributed by atoms with Crippen molar-refractivity contribution >= 4 is 33.3 Å². The van der Waals surface area contributed by atoms with E-state index < -0.39 is 0 Å². The number of benzene rings is 1. The quantitative estimate of drug-likeness (QED) is 0.565. The first-order valence-corrected chi connectivity index (χ1v) is 7.29. The summed E-state index contributed by atoms with van der Waals surface area (Å²) in [6.45, 7) is 4.06. The zero-order chi connectivity index (χ0) is 15.4. The standard InChI is InChI=1S/C14H18BrN5O/c1-8(2)14-18-12(7-13(19-14)20-16)17-11-6-9(21-3)4-5-10(11)15/h4-8H,16H2,1-3H3,(H2,17,18,19,20). The van der Waals surface area contributed by atoms with Crippen LogP contribution in [0.25, 0.3) is 0 Å². The third kappa shape index (κ3) is 3.83. The Bertz CT molecular complexity index is 633. The van der Waals surface area contributed by atoms with Crippen LogP contribution < -0.4 is 21.3 Å². The second kappa shape index (κ2) is 6.73. The molecule has 0 spiro atoms. The number of anilines is 3. The Kier molecular flexibility index (Phi) is 4.98. The topological polar surface area (TPSA) is 85.1 Å². The van der Waals surface area contributed by atoms with Gasteiger partial charge in [0.15, 0.2) is 0 Å². The molecule has 0 saturated heterocycles. The molecule has 0 aliphatic heterocycles. The minimum absolute atomic E-state index is 0.201. The van der Waals surface area contributed by atoms with Crippen molar-refractivity contribution in [3.05, 3.63) is 34.6 Å². The van der Waals surface area contributed by atoms with E-state index in [1.54, 1.807) is 13.2 Å². The second-order valence-corrected chi connectivity index (χ2v) is 5.62. The van der Waals surface area contributed by atoms with E-state index in [4.69, 9.17) is 10.6 Å². The van der Waals surface area contributed by atoms with Crippen LogP contribution in [-0.4, -0.2) is 17.1 Å². The summed E-state index contributed by atoms with van der Waals surface area (Å²) in [6, 6.07) is 7.42. The average Bonchev–Trinajstić information content (AvgIpc) is 2.49. The second-order valence-electron chi connectivity index (χ2n) is 4.77. The van der Waals surface area contributed by atoms with Gasteiger partial charge < -0.3 is 15.5 Å². The summed E-state index contributed by atoms with van der Waals surface area (Å²) in [5, 5.41) is 3.24. The molecule has 0 amide bonds. The lowest BCUT2D eigenvalue weighted by molar-refractivity contribution is 0.415. The summed E-state index contributed by atoms with van der Waals surface area (Å²) in [4.78, 5) is 8.82. The van der Waals surface area contributed by atoms with Crippen molar-refractivity contribution in [2.75, 3.05) is 17.9 Å². The van der Waals surface area contributed by atoms with Gasteiger partial charge in [-0.05, 0) is 28.1 Å². The lowest BCUT2D eigenvalue weighted by atomic mass is 10.2. The molecular weight excluding hydrogens is 334 g/mol. The minimum Gasteiger partial charge on any atom is -0.497 e. The summed E-state index contributed by atoms with van der Waals surface area (Å²) >= 11 is 3.50. The monoisotopic (exact) mass is 351 g/mol. The van der Waals surface area contributed by atoms with Gasteiger partial charge in [0.25, 0.3) is 0 Å². The Labute approximate surface area is 132 Å². The predicted molar refractivity (Wildman–Crippen MR) is 87.9 cm³/mol. The number of nitrogen functional groups attached to an aromatic ring is 1. The number of rotatable bonds is 5. The molecule has 0 radical (unpaired) electrons. The number of nitrogens with two attached hydrogens (primary N) is 1. The molecule has 0 saturated carbocycles. The van der Waals surface area contributed by atoms with Crippen LogP contribution in [0.1, 0.15) is 25.6 Å². The van der Waals surface area contributed by atoms with Gasteiger partial charge in [0, 0.05) is 22.5 Å². The molecule has 2 rings (SSSR count). The fourth-order valence-corrected chi connectivity index (χ4v) is 2.07. The molecule has 0 atom stereocenters. The summed E-state index contributed by atoms with van der Waals surface area (Å²) < 4.78 is 6.14. The molecule has 0 fully saturated rings. The molecule has 0 bridgehead atoms. The van der Waals surface area contributed by atoms with Gasteiger partial charge in [-0.3, -0.25) is 0 Å². The zero-order valence-electron chi connectivity index (χ0n) is 12.1. The molecule has 4 N–H and O–H groups in total. The van der Waals surface area contributed by atoms with Gasteiger partial charge in [-0.2, -0.15) is 0 Å². The third-order valence-electron chi connectivity index (χ3n) is 2.84. The summed E-state index contributed by atoms with van der Waals surface area (Å²) in [7, 11) is 1.63. The van der Waals surface area contributed by atoms with E-state index in [2.05, 4.69) is 36.6 Å². The maximum Gasteiger partial charge on any atom is 0.145 e. The Morgan fingerprint density at radius 2 is 1.90 bits per heavy atom. The Hall–Kier alpha value is -1.86. The molecule has 0 aliphatic carbocycles. The van der Waals surface area contributed by atoms with Crippen molar-refractivity contribution in [2.24, 2.45) is 5.84 Å². The first-order valence-electron chi connectivity index (χ1n) is 6.49. The number of methoxy groups -OCH3 is 1. The molecule has 0 aliphatic rings. The number of nitrogens with one attached hydrogen (secondary N) is 2. The molecule has 1 aromatic carbocycles. The van der Waals surface area contributed by atoms with Gasteiger partial charge >= 0.3 is 0 Å². The van der Waals surface area contributed by atoms with E-state index in [0.717, 1.165) is 15.9 Å². The summed E-state index contributed by atoms with van der Waals surface area (Å²) in [5.41, 5.74) is 3.41. The maximum atomic E-state index is 5.46. The lowest BCUT2D eigenvalue weighted by Gasteiger charge is -2.13. The van der Waals surface area contributed by atoms with E-state index in [1.165, 1.54) is 0 Å². The van der Waals surface area contributed by atoms with E-state index in [9.17, 15) is 0 Å². The highest BCUT2D eigenvalue weighted by molar-refractivity contribution is 9.10. The smallest absolute Gasteiger partial charge is 0.145 e. The van der Waals surface area contributed by atoms with Crippen LogP contribution in [0.4, 0.5) is 17.3 Å². The first kappa shape index (κ1) is 15.5. The number of nitrogens with zero attached hydrogens (tertiary/aromatic N) is 2. The molecular formula is C14H18BrN5O. The summed E-state index contributed by atoms with van der Waals surface area (Å²) in [6.07, 6.45) is 0. The van der Waals surface area contributed by atoms with E-state index in [0.29, 0.717) is 17.5 Å². The van der Waals surface area contributed by atoms with Crippen molar-refractivity contribution in [3.8, 4) is 5.75 Å². The fourth-order valence-electron chi connectivity index (χ4n) is 1.73. The van der Waals surface area contributed by atoms with Crippen LogP contribution in [-0.2, 0) is 0 Å². The fraction of sp³-hybridized carbons (Fsp3) is 0.286. The zero-order valence-corrected chi connectivity index (χ0v) is 13.7. The highest BCUT2D eigenvalue weighted by Gasteiger charge is 2.09. The van der Waals surface area contributed by atoms with Gasteiger partial charge in [0.05, 0.1) is 12.8 Å².